The topological polar surface area (TPSA) is 66.6 Å². The normalized spacial score (nSPS) is 12.6. The average molecular weight is 220 g/mol. The van der Waals surface area contributed by atoms with Gasteiger partial charge in [-0.05, 0) is 19.1 Å². The summed E-state index contributed by atoms with van der Waals surface area (Å²) < 4.78 is 5.16. The van der Waals surface area contributed by atoms with Gasteiger partial charge in [0.2, 0.25) is 5.71 Å². The maximum Gasteiger partial charge on any atom is 0.326 e. The Morgan fingerprint density at radius 1 is 1.56 bits per heavy atom. The third kappa shape index (κ3) is 1.60. The molecule has 0 radical (unpaired) electrons. The van der Waals surface area contributed by atoms with Crippen LogP contribution in [0.4, 0.5) is 5.69 Å². The Labute approximate surface area is 92.3 Å². The maximum atomic E-state index is 10.9. The van der Waals surface area contributed by atoms with Crippen molar-refractivity contribution in [3.8, 4) is 0 Å². The van der Waals surface area contributed by atoms with E-state index in [-0.39, 0.29) is 0 Å². The molecule has 16 heavy (non-hydrogen) atoms. The lowest BCUT2D eigenvalue weighted by Gasteiger charge is -2.23. The fraction of sp³-hybridized carbons (Fsp3) is 0.273. The number of likely N-dealkylation sites (N-methyl/N-ethyl adjacent to an activating group) is 1. The fourth-order valence-corrected chi connectivity index (χ4v) is 1.54. The van der Waals surface area contributed by atoms with Gasteiger partial charge >= 0.3 is 5.97 Å². The molecule has 0 spiro atoms. The number of nitrogens with zero attached hydrogens (tertiary/aromatic N) is 2. The summed E-state index contributed by atoms with van der Waals surface area (Å²) in [7, 11) is 1.74. The van der Waals surface area contributed by atoms with Crippen molar-refractivity contribution in [1.82, 2.24) is 4.98 Å². The van der Waals surface area contributed by atoms with Gasteiger partial charge in [0.25, 0.3) is 0 Å². The minimum atomic E-state index is -0.865. The molecule has 1 unspecified atom stereocenters. The number of hydrogen-bond donors (Lipinski definition) is 1. The molecule has 0 amide bonds. The number of hydrogen-bond acceptors (Lipinski definition) is 4. The Hall–Kier alpha value is -2.04. The molecular formula is C11H12N2O3. The number of aliphatic carboxylic acids is 1. The molecule has 5 nitrogen and oxygen atoms in total. The summed E-state index contributed by atoms with van der Waals surface area (Å²) in [5.74, 6) is -0.865. The van der Waals surface area contributed by atoms with Gasteiger partial charge in [-0.25, -0.2) is 9.78 Å². The van der Waals surface area contributed by atoms with Crippen molar-refractivity contribution < 1.29 is 14.3 Å². The molecule has 0 fully saturated rings. The third-order valence-electron chi connectivity index (χ3n) is 2.66. The molecule has 5 heteroatoms. The average Bonchev–Trinajstić information content (AvgIpc) is 2.74. The van der Waals surface area contributed by atoms with Crippen molar-refractivity contribution in [2.24, 2.45) is 0 Å². The number of carboxylic acid groups (broad SMARTS) is 1. The molecule has 0 saturated carbocycles. The minimum absolute atomic E-state index is 0.516. The number of anilines is 1. The quantitative estimate of drug-likeness (QED) is 0.853. The first kappa shape index (κ1) is 10.5. The summed E-state index contributed by atoms with van der Waals surface area (Å²) >= 11 is 0. The van der Waals surface area contributed by atoms with E-state index in [0.717, 1.165) is 11.1 Å². The zero-order valence-electron chi connectivity index (χ0n) is 9.04. The van der Waals surface area contributed by atoms with Crippen molar-refractivity contribution in [3.63, 3.8) is 0 Å². The number of carbonyl (C=O) groups is 1. The van der Waals surface area contributed by atoms with Gasteiger partial charge < -0.3 is 14.4 Å². The molecule has 0 aliphatic rings. The molecule has 1 atom stereocenters. The second-order valence-corrected chi connectivity index (χ2v) is 3.59. The molecule has 0 bridgehead atoms. The summed E-state index contributed by atoms with van der Waals surface area (Å²) in [5.41, 5.74) is 1.32. The van der Waals surface area contributed by atoms with Crippen molar-refractivity contribution in [3.05, 3.63) is 24.6 Å². The third-order valence-corrected chi connectivity index (χ3v) is 2.66. The van der Waals surface area contributed by atoms with Crippen LogP contribution in [0.5, 0.6) is 0 Å². The van der Waals surface area contributed by atoms with E-state index < -0.39 is 12.0 Å². The molecule has 2 heterocycles. The molecular weight excluding hydrogens is 208 g/mol. The largest absolute Gasteiger partial charge is 0.480 e. The van der Waals surface area contributed by atoms with Crippen LogP contribution in [0.3, 0.4) is 0 Å². The Morgan fingerprint density at radius 2 is 2.31 bits per heavy atom. The maximum absolute atomic E-state index is 10.9. The highest BCUT2D eigenvalue weighted by atomic mass is 16.4. The molecule has 0 aromatic carbocycles. The highest BCUT2D eigenvalue weighted by Crippen LogP contribution is 2.26. The van der Waals surface area contributed by atoms with Crippen LogP contribution in [0.15, 0.2) is 29.0 Å². The van der Waals surface area contributed by atoms with E-state index in [1.165, 1.54) is 0 Å². The SMILES string of the molecule is CC(C(=O)O)N(C)c1ccnc2occc12. The number of furan rings is 1. The van der Waals surface area contributed by atoms with Crippen molar-refractivity contribution in [2.45, 2.75) is 13.0 Å². The zero-order chi connectivity index (χ0) is 11.7. The summed E-state index contributed by atoms with van der Waals surface area (Å²) in [6.45, 7) is 1.63. The summed E-state index contributed by atoms with van der Waals surface area (Å²) in [4.78, 5) is 16.6. The molecule has 2 aromatic rings. The predicted octanol–water partition coefficient (Wildman–Crippen LogP) is 1.74. The molecule has 0 saturated heterocycles. The highest BCUT2D eigenvalue weighted by Gasteiger charge is 2.19. The van der Waals surface area contributed by atoms with Gasteiger partial charge in [0.1, 0.15) is 6.04 Å². The first-order chi connectivity index (χ1) is 7.61. The van der Waals surface area contributed by atoms with Crippen LogP contribution in [-0.4, -0.2) is 29.1 Å². The van der Waals surface area contributed by atoms with E-state index in [4.69, 9.17) is 9.52 Å². The Morgan fingerprint density at radius 3 is 3.00 bits per heavy atom. The van der Waals surface area contributed by atoms with Crippen molar-refractivity contribution in [2.75, 3.05) is 11.9 Å². The minimum Gasteiger partial charge on any atom is -0.480 e. The van der Waals surface area contributed by atoms with E-state index in [1.54, 1.807) is 43.5 Å². The van der Waals surface area contributed by atoms with Crippen LogP contribution in [0.1, 0.15) is 6.92 Å². The van der Waals surface area contributed by atoms with E-state index in [0.29, 0.717) is 5.71 Å². The highest BCUT2D eigenvalue weighted by molar-refractivity contribution is 5.90. The van der Waals surface area contributed by atoms with E-state index in [9.17, 15) is 4.79 Å². The first-order valence-electron chi connectivity index (χ1n) is 4.89. The second-order valence-electron chi connectivity index (χ2n) is 3.59. The molecule has 84 valence electrons. The van der Waals surface area contributed by atoms with Crippen LogP contribution in [-0.2, 0) is 4.79 Å². The zero-order valence-corrected chi connectivity index (χ0v) is 9.04. The molecule has 0 aliphatic heterocycles. The molecule has 2 aromatic heterocycles. The van der Waals surface area contributed by atoms with Crippen LogP contribution in [0, 0.1) is 0 Å². The number of fused-ring (bicyclic) bond motifs is 1. The summed E-state index contributed by atoms with van der Waals surface area (Å²) in [5, 5.41) is 9.77. The summed E-state index contributed by atoms with van der Waals surface area (Å²) in [6, 6.07) is 2.96. The number of rotatable bonds is 3. The van der Waals surface area contributed by atoms with Gasteiger partial charge in [0, 0.05) is 13.2 Å². The van der Waals surface area contributed by atoms with Gasteiger partial charge in [-0.3, -0.25) is 0 Å². The lowest BCUT2D eigenvalue weighted by molar-refractivity contribution is -0.138. The number of carboxylic acids is 1. The smallest absolute Gasteiger partial charge is 0.326 e. The monoisotopic (exact) mass is 220 g/mol. The van der Waals surface area contributed by atoms with Crippen molar-refractivity contribution >= 4 is 22.8 Å². The standard InChI is InChI=1S/C11H12N2O3/c1-7(11(14)15)13(2)9-3-5-12-10-8(9)4-6-16-10/h3-7H,1-2H3,(H,14,15). The van der Waals surface area contributed by atoms with Crippen LogP contribution < -0.4 is 4.90 Å². The number of aromatic nitrogens is 1. The lowest BCUT2D eigenvalue weighted by Crippen LogP contribution is -2.35. The lowest BCUT2D eigenvalue weighted by atomic mass is 10.2. The second kappa shape index (κ2) is 3.84. The van der Waals surface area contributed by atoms with Gasteiger partial charge in [-0.1, -0.05) is 0 Å². The van der Waals surface area contributed by atoms with Crippen LogP contribution in [0.2, 0.25) is 0 Å². The van der Waals surface area contributed by atoms with Crippen molar-refractivity contribution in [1.29, 1.82) is 0 Å². The van der Waals surface area contributed by atoms with Crippen LogP contribution >= 0.6 is 0 Å². The van der Waals surface area contributed by atoms with Gasteiger partial charge in [0.15, 0.2) is 0 Å². The molecule has 2 rings (SSSR count). The first-order valence-corrected chi connectivity index (χ1v) is 4.89. The Balaban J connectivity index is 2.46. The van der Waals surface area contributed by atoms with Gasteiger partial charge in [0.05, 0.1) is 17.3 Å². The van der Waals surface area contributed by atoms with E-state index in [1.807, 2.05) is 0 Å². The predicted molar refractivity (Wildman–Crippen MR) is 59.5 cm³/mol. The Bertz CT molecular complexity index is 521. The van der Waals surface area contributed by atoms with Gasteiger partial charge in [-0.2, -0.15) is 0 Å². The van der Waals surface area contributed by atoms with Crippen LogP contribution in [0.25, 0.3) is 11.1 Å². The molecule has 0 aliphatic carbocycles. The fourth-order valence-electron chi connectivity index (χ4n) is 1.54. The van der Waals surface area contributed by atoms with Gasteiger partial charge in [-0.15, -0.1) is 0 Å². The number of pyridine rings is 1. The Kier molecular flexibility index (Phi) is 2.52. The molecule has 1 N–H and O–H groups in total. The van der Waals surface area contributed by atoms with E-state index >= 15 is 0 Å². The summed E-state index contributed by atoms with van der Waals surface area (Å²) in [6.07, 6.45) is 3.15. The van der Waals surface area contributed by atoms with E-state index in [2.05, 4.69) is 4.98 Å².